The molecule has 0 radical (unpaired) electrons. The molecule has 1 heterocycles. The quantitative estimate of drug-likeness (QED) is 0.741. The molecular weight excluding hydrogens is 255 g/mol. The van der Waals surface area contributed by atoms with Gasteiger partial charge in [-0.3, -0.25) is 0 Å². The standard InChI is InChI=1S/C16H15FN2O/c1-20-15-6-5-11(9-13(15)17)10-19-8-7-12-3-2-4-14(18)16(12)19/h2-9H,10,18H2,1H3. The Morgan fingerprint density at radius 1 is 1.20 bits per heavy atom. The maximum Gasteiger partial charge on any atom is 0.165 e. The second-order valence-corrected chi connectivity index (χ2v) is 4.70. The van der Waals surface area contributed by atoms with Crippen LogP contribution in [-0.2, 0) is 6.54 Å². The summed E-state index contributed by atoms with van der Waals surface area (Å²) in [5.41, 5.74) is 8.58. The zero-order valence-corrected chi connectivity index (χ0v) is 11.1. The van der Waals surface area contributed by atoms with E-state index in [1.165, 1.54) is 13.2 Å². The first-order valence-electron chi connectivity index (χ1n) is 6.35. The Bertz CT molecular complexity index is 764. The fourth-order valence-electron chi connectivity index (χ4n) is 2.43. The first-order chi connectivity index (χ1) is 9.69. The number of para-hydroxylation sites is 1. The van der Waals surface area contributed by atoms with Crippen LogP contribution in [0.1, 0.15) is 5.56 Å². The number of nitrogens with zero attached hydrogens (tertiary/aromatic N) is 1. The number of benzene rings is 2. The lowest BCUT2D eigenvalue weighted by Crippen LogP contribution is -2.01. The number of hydrogen-bond acceptors (Lipinski definition) is 2. The van der Waals surface area contributed by atoms with Crippen molar-refractivity contribution in [2.24, 2.45) is 0 Å². The van der Waals surface area contributed by atoms with Gasteiger partial charge >= 0.3 is 0 Å². The number of hydrogen-bond donors (Lipinski definition) is 1. The molecule has 3 rings (SSSR count). The molecule has 0 spiro atoms. The fraction of sp³-hybridized carbons (Fsp3) is 0.125. The molecule has 0 bridgehead atoms. The van der Waals surface area contributed by atoms with E-state index in [-0.39, 0.29) is 11.6 Å². The summed E-state index contributed by atoms with van der Waals surface area (Å²) in [5, 5.41) is 1.08. The van der Waals surface area contributed by atoms with Crippen LogP contribution in [0.2, 0.25) is 0 Å². The molecule has 102 valence electrons. The van der Waals surface area contributed by atoms with Crippen LogP contribution in [0, 0.1) is 5.82 Å². The molecule has 0 fully saturated rings. The third kappa shape index (κ3) is 2.09. The molecular formula is C16H15FN2O. The number of fused-ring (bicyclic) bond motifs is 1. The van der Waals surface area contributed by atoms with Crippen LogP contribution < -0.4 is 10.5 Å². The van der Waals surface area contributed by atoms with E-state index < -0.39 is 0 Å². The van der Waals surface area contributed by atoms with Gasteiger partial charge in [0, 0.05) is 18.1 Å². The lowest BCUT2D eigenvalue weighted by molar-refractivity contribution is 0.386. The first-order valence-corrected chi connectivity index (χ1v) is 6.35. The SMILES string of the molecule is COc1ccc(Cn2ccc3cccc(N)c32)cc1F. The van der Waals surface area contributed by atoms with E-state index in [9.17, 15) is 4.39 Å². The highest BCUT2D eigenvalue weighted by Crippen LogP contribution is 2.24. The van der Waals surface area contributed by atoms with E-state index in [0.29, 0.717) is 6.54 Å². The highest BCUT2D eigenvalue weighted by atomic mass is 19.1. The van der Waals surface area contributed by atoms with Crippen LogP contribution >= 0.6 is 0 Å². The third-order valence-electron chi connectivity index (χ3n) is 3.39. The van der Waals surface area contributed by atoms with Crippen LogP contribution in [0.5, 0.6) is 5.75 Å². The van der Waals surface area contributed by atoms with Gasteiger partial charge in [-0.05, 0) is 29.8 Å². The lowest BCUT2D eigenvalue weighted by Gasteiger charge is -2.09. The van der Waals surface area contributed by atoms with Gasteiger partial charge in [-0.2, -0.15) is 0 Å². The van der Waals surface area contributed by atoms with Gasteiger partial charge in [0.25, 0.3) is 0 Å². The number of halogens is 1. The summed E-state index contributed by atoms with van der Waals surface area (Å²) in [6, 6.07) is 12.8. The Morgan fingerprint density at radius 3 is 2.80 bits per heavy atom. The Balaban J connectivity index is 1.99. The normalized spacial score (nSPS) is 10.9. The Kier molecular flexibility index (Phi) is 3.06. The summed E-state index contributed by atoms with van der Waals surface area (Å²) in [7, 11) is 1.46. The van der Waals surface area contributed by atoms with Crippen LogP contribution in [0.15, 0.2) is 48.7 Å². The second kappa shape index (κ2) is 4.89. The van der Waals surface area contributed by atoms with Gasteiger partial charge in [0.05, 0.1) is 18.3 Å². The number of anilines is 1. The van der Waals surface area contributed by atoms with Gasteiger partial charge in [-0.25, -0.2) is 4.39 Å². The predicted molar refractivity (Wildman–Crippen MR) is 78.4 cm³/mol. The maximum absolute atomic E-state index is 13.7. The molecule has 0 atom stereocenters. The smallest absolute Gasteiger partial charge is 0.165 e. The van der Waals surface area contributed by atoms with Crippen LogP contribution in [0.25, 0.3) is 10.9 Å². The number of nitrogen functional groups attached to an aromatic ring is 1. The third-order valence-corrected chi connectivity index (χ3v) is 3.39. The highest BCUT2D eigenvalue weighted by molar-refractivity contribution is 5.90. The van der Waals surface area contributed by atoms with Crippen molar-refractivity contribution in [2.45, 2.75) is 6.54 Å². The second-order valence-electron chi connectivity index (χ2n) is 4.70. The van der Waals surface area contributed by atoms with Gasteiger partial charge in [0.15, 0.2) is 11.6 Å². The maximum atomic E-state index is 13.7. The first kappa shape index (κ1) is 12.5. The predicted octanol–water partition coefficient (Wildman–Crippen LogP) is 3.42. The van der Waals surface area contributed by atoms with E-state index in [1.54, 1.807) is 6.07 Å². The van der Waals surface area contributed by atoms with Crippen molar-refractivity contribution in [2.75, 3.05) is 12.8 Å². The van der Waals surface area contributed by atoms with Crippen molar-refractivity contribution in [1.29, 1.82) is 0 Å². The largest absolute Gasteiger partial charge is 0.494 e. The summed E-state index contributed by atoms with van der Waals surface area (Å²) >= 11 is 0. The molecule has 1 aromatic heterocycles. The Morgan fingerprint density at radius 2 is 2.05 bits per heavy atom. The van der Waals surface area contributed by atoms with Gasteiger partial charge in [-0.15, -0.1) is 0 Å². The molecule has 0 saturated heterocycles. The number of aromatic nitrogens is 1. The zero-order chi connectivity index (χ0) is 14.1. The van der Waals surface area contributed by atoms with Gasteiger partial charge in [0.1, 0.15) is 0 Å². The van der Waals surface area contributed by atoms with Crippen molar-refractivity contribution >= 4 is 16.6 Å². The van der Waals surface area contributed by atoms with Crippen molar-refractivity contribution in [1.82, 2.24) is 4.57 Å². The number of nitrogens with two attached hydrogens (primary N) is 1. The van der Waals surface area contributed by atoms with Crippen molar-refractivity contribution in [3.05, 3.63) is 60.0 Å². The molecule has 3 nitrogen and oxygen atoms in total. The monoisotopic (exact) mass is 270 g/mol. The van der Waals surface area contributed by atoms with Gasteiger partial charge in [0.2, 0.25) is 0 Å². The summed E-state index contributed by atoms with van der Waals surface area (Å²) < 4.78 is 20.7. The average Bonchev–Trinajstić information content (AvgIpc) is 2.84. The van der Waals surface area contributed by atoms with E-state index in [0.717, 1.165) is 22.2 Å². The number of ether oxygens (including phenoxy) is 1. The molecule has 0 amide bonds. The summed E-state index contributed by atoms with van der Waals surface area (Å²) in [6.07, 6.45) is 1.96. The summed E-state index contributed by atoms with van der Waals surface area (Å²) in [4.78, 5) is 0. The number of methoxy groups -OCH3 is 1. The fourth-order valence-corrected chi connectivity index (χ4v) is 2.43. The minimum absolute atomic E-state index is 0.255. The van der Waals surface area contributed by atoms with Crippen molar-refractivity contribution < 1.29 is 9.13 Å². The minimum atomic E-state index is -0.352. The molecule has 2 N–H and O–H groups in total. The van der Waals surface area contributed by atoms with E-state index in [1.807, 2.05) is 41.1 Å². The van der Waals surface area contributed by atoms with Crippen LogP contribution in [0.4, 0.5) is 10.1 Å². The average molecular weight is 270 g/mol. The molecule has 4 heteroatoms. The summed E-state index contributed by atoms with van der Waals surface area (Å²) in [5.74, 6) is -0.0972. The van der Waals surface area contributed by atoms with Crippen LogP contribution in [0.3, 0.4) is 0 Å². The molecule has 0 aliphatic carbocycles. The lowest BCUT2D eigenvalue weighted by atomic mass is 10.2. The molecule has 0 aliphatic rings. The zero-order valence-electron chi connectivity index (χ0n) is 11.1. The highest BCUT2D eigenvalue weighted by Gasteiger charge is 2.07. The van der Waals surface area contributed by atoms with Crippen LogP contribution in [-0.4, -0.2) is 11.7 Å². The molecule has 2 aromatic carbocycles. The molecule has 3 aromatic rings. The molecule has 0 unspecified atom stereocenters. The molecule has 0 saturated carbocycles. The van der Waals surface area contributed by atoms with E-state index in [4.69, 9.17) is 10.5 Å². The van der Waals surface area contributed by atoms with Gasteiger partial charge in [-0.1, -0.05) is 18.2 Å². The molecule has 0 aliphatic heterocycles. The van der Waals surface area contributed by atoms with E-state index in [2.05, 4.69) is 0 Å². The molecule has 20 heavy (non-hydrogen) atoms. The Hall–Kier alpha value is -2.49. The van der Waals surface area contributed by atoms with Crippen molar-refractivity contribution in [3.8, 4) is 5.75 Å². The topological polar surface area (TPSA) is 40.2 Å². The van der Waals surface area contributed by atoms with E-state index >= 15 is 0 Å². The minimum Gasteiger partial charge on any atom is -0.494 e. The Labute approximate surface area is 116 Å². The van der Waals surface area contributed by atoms with Crippen molar-refractivity contribution in [3.63, 3.8) is 0 Å². The number of rotatable bonds is 3. The van der Waals surface area contributed by atoms with Gasteiger partial charge < -0.3 is 15.0 Å². The summed E-state index contributed by atoms with van der Waals surface area (Å²) in [6.45, 7) is 0.568.